The van der Waals surface area contributed by atoms with E-state index in [9.17, 15) is 9.36 Å². The topological polar surface area (TPSA) is 72.3 Å². The minimum absolute atomic E-state index is 0.112. The van der Waals surface area contributed by atoms with E-state index < -0.39 is 5.20 Å². The number of fused-ring (bicyclic) bond motifs is 2. The third kappa shape index (κ3) is 7.95. The van der Waals surface area contributed by atoms with Gasteiger partial charge in [0.2, 0.25) is 0 Å². The van der Waals surface area contributed by atoms with Crippen LogP contribution >= 0.6 is 73.2 Å². The van der Waals surface area contributed by atoms with Crippen LogP contribution in [-0.4, -0.2) is 21.5 Å². The predicted molar refractivity (Wildman–Crippen MR) is 159 cm³/mol. The molecule has 4 heterocycles. The summed E-state index contributed by atoms with van der Waals surface area (Å²) in [6.45, 7) is 0. The Balaban J connectivity index is 0.000000147. The fourth-order valence-corrected chi connectivity index (χ4v) is 5.10. The molecule has 0 spiro atoms. The van der Waals surface area contributed by atoms with Gasteiger partial charge in [-0.1, -0.05) is 54.1 Å². The van der Waals surface area contributed by atoms with Gasteiger partial charge in [-0.25, -0.2) is 15.0 Å². The highest BCUT2D eigenvalue weighted by Crippen LogP contribution is 2.61. The summed E-state index contributed by atoms with van der Waals surface area (Å²) in [7, 11) is 0. The van der Waals surface area contributed by atoms with Crippen LogP contribution in [0.25, 0.3) is 21.6 Å². The predicted octanol–water partition coefficient (Wildman–Crippen LogP) is 9.82. The van der Waals surface area contributed by atoms with Crippen molar-refractivity contribution in [2.45, 2.75) is 6.42 Å². The highest BCUT2D eigenvalue weighted by molar-refractivity contribution is 8.24. The Hall–Kier alpha value is -2.09. The number of benzene rings is 2. The maximum absolute atomic E-state index is 11.9. The van der Waals surface area contributed by atoms with Crippen molar-refractivity contribution in [3.63, 3.8) is 0 Å². The lowest BCUT2D eigenvalue weighted by atomic mass is 10.00. The minimum Gasteiger partial charge on any atom is -0.292 e. The van der Waals surface area contributed by atoms with Crippen LogP contribution < -0.4 is 0 Å². The third-order valence-electron chi connectivity index (χ3n) is 4.88. The summed E-state index contributed by atoms with van der Waals surface area (Å²) in [4.78, 5) is 27.3. The number of halogens is 4. The van der Waals surface area contributed by atoms with E-state index in [2.05, 4.69) is 48.7 Å². The van der Waals surface area contributed by atoms with Gasteiger partial charge < -0.3 is 0 Å². The smallest absolute Gasteiger partial charge is 0.292 e. The van der Waals surface area contributed by atoms with Crippen molar-refractivity contribution < 1.29 is 9.36 Å². The van der Waals surface area contributed by atoms with Gasteiger partial charge in [0.1, 0.15) is 11.4 Å². The van der Waals surface area contributed by atoms with Crippen molar-refractivity contribution >= 4 is 101 Å². The van der Waals surface area contributed by atoms with E-state index in [-0.39, 0.29) is 5.78 Å². The second kappa shape index (κ2) is 12.6. The Bertz CT molecular complexity index is 1600. The summed E-state index contributed by atoms with van der Waals surface area (Å²) in [6.07, 6.45) is 0.465. The SMILES string of the molecule is Clc1nc2ccccc2nc1-c1cccs1.O=C1Cc2ccccc2N=C1c1cccs1.O=P(Cl)(Cl)Cl. The van der Waals surface area contributed by atoms with E-state index in [4.69, 9.17) is 11.6 Å². The Morgan fingerprint density at radius 3 is 1.95 bits per heavy atom. The molecule has 12 heteroatoms. The first-order valence-electron chi connectivity index (χ1n) is 10.6. The number of aromatic nitrogens is 2. The molecule has 0 unspecified atom stereocenters. The minimum atomic E-state index is -3.22. The quantitative estimate of drug-likeness (QED) is 0.183. The van der Waals surface area contributed by atoms with Crippen LogP contribution in [0.4, 0.5) is 5.69 Å². The van der Waals surface area contributed by atoms with Crippen molar-refractivity contribution in [1.29, 1.82) is 0 Å². The summed E-state index contributed by atoms with van der Waals surface area (Å²) >= 11 is 23.1. The van der Waals surface area contributed by atoms with Crippen molar-refractivity contribution in [3.05, 3.63) is 99.2 Å². The number of carbonyl (C=O) groups excluding carboxylic acids is 1. The third-order valence-corrected chi connectivity index (χ3v) is 6.89. The van der Waals surface area contributed by atoms with Gasteiger partial charge in [0, 0.05) is 6.42 Å². The largest absolute Gasteiger partial charge is 0.339 e. The molecular weight excluding hydrogens is 611 g/mol. The van der Waals surface area contributed by atoms with E-state index >= 15 is 0 Å². The van der Waals surface area contributed by atoms with E-state index in [0.29, 0.717) is 17.3 Å². The molecule has 0 fully saturated rings. The fourth-order valence-electron chi connectivity index (χ4n) is 3.36. The number of thiophene rings is 2. The van der Waals surface area contributed by atoms with Crippen LogP contribution in [0.2, 0.25) is 5.15 Å². The van der Waals surface area contributed by atoms with Crippen molar-refractivity contribution in [2.75, 3.05) is 0 Å². The average Bonchev–Trinajstić information content (AvgIpc) is 3.57. The molecular formula is C25H16Cl4N3O2PS2. The van der Waals surface area contributed by atoms with Crippen molar-refractivity contribution in [2.24, 2.45) is 4.99 Å². The number of ketones is 1. The maximum atomic E-state index is 11.9. The molecule has 1 aliphatic heterocycles. The second-order valence-corrected chi connectivity index (χ2v) is 16.3. The highest BCUT2D eigenvalue weighted by atomic mass is 36.0. The van der Waals surface area contributed by atoms with E-state index in [1.165, 1.54) is 0 Å². The zero-order valence-electron chi connectivity index (χ0n) is 18.7. The molecule has 0 bridgehead atoms. The molecule has 37 heavy (non-hydrogen) atoms. The van der Waals surface area contributed by atoms with Gasteiger partial charge in [0.25, 0.3) is 0 Å². The van der Waals surface area contributed by atoms with Gasteiger partial charge in [-0.05, 0) is 80.4 Å². The van der Waals surface area contributed by atoms with Crippen molar-refractivity contribution in [3.8, 4) is 10.6 Å². The van der Waals surface area contributed by atoms with E-state index in [0.717, 1.165) is 37.7 Å². The number of rotatable bonds is 2. The first-order valence-corrected chi connectivity index (χ1v) is 17.1. The van der Waals surface area contributed by atoms with Gasteiger partial charge in [-0.3, -0.25) is 9.36 Å². The molecule has 5 aromatic rings. The summed E-state index contributed by atoms with van der Waals surface area (Å²) in [5.74, 6) is 0.112. The van der Waals surface area contributed by atoms with Crippen LogP contribution in [-0.2, 0) is 15.8 Å². The molecule has 0 N–H and O–H groups in total. The number of nitrogens with zero attached hydrogens (tertiary/aromatic N) is 3. The van der Waals surface area contributed by atoms with Gasteiger partial charge in [-0.2, -0.15) is 0 Å². The fraction of sp³-hybridized carbons (Fsp3) is 0.0400. The molecule has 0 radical (unpaired) electrons. The number of hydrogen-bond acceptors (Lipinski definition) is 7. The van der Waals surface area contributed by atoms with Gasteiger partial charge >= 0.3 is 5.20 Å². The average molecular weight is 627 g/mol. The van der Waals surface area contributed by atoms with Gasteiger partial charge in [0.05, 0.1) is 26.5 Å². The van der Waals surface area contributed by atoms with Crippen LogP contribution in [0.1, 0.15) is 10.4 Å². The van der Waals surface area contributed by atoms with Gasteiger partial charge in [-0.15, -0.1) is 22.7 Å². The Labute approximate surface area is 240 Å². The van der Waals surface area contributed by atoms with E-state index in [1.807, 2.05) is 83.6 Å². The van der Waals surface area contributed by atoms with Crippen molar-refractivity contribution in [1.82, 2.24) is 9.97 Å². The first-order chi connectivity index (χ1) is 17.7. The lowest BCUT2D eigenvalue weighted by Crippen LogP contribution is -2.20. The number of hydrogen-bond donors (Lipinski definition) is 0. The normalized spacial score (nSPS) is 12.5. The molecule has 0 atom stereocenters. The number of Topliss-reactive ketones (excluding diaryl/α,β-unsaturated/α-hetero) is 1. The number of para-hydroxylation sites is 3. The second-order valence-electron chi connectivity index (χ2n) is 7.39. The molecule has 1 aliphatic rings. The maximum Gasteiger partial charge on any atom is 0.339 e. The molecule has 5 nitrogen and oxygen atoms in total. The Kier molecular flexibility index (Phi) is 9.54. The van der Waals surface area contributed by atoms with Crippen LogP contribution in [0.5, 0.6) is 0 Å². The summed E-state index contributed by atoms with van der Waals surface area (Å²) in [5, 5.41) is 1.20. The summed E-state index contributed by atoms with van der Waals surface area (Å²) in [5.41, 5.74) is 5.01. The molecule has 0 saturated heterocycles. The van der Waals surface area contributed by atoms with Gasteiger partial charge in [0.15, 0.2) is 10.9 Å². The highest BCUT2D eigenvalue weighted by Gasteiger charge is 2.21. The zero-order chi connectivity index (χ0) is 26.4. The standard InChI is InChI=1S/C13H9NOS.C12H7ClN2S.Cl3OP/c15-11-8-9-4-1-2-5-10(9)14-13(11)12-6-3-7-16-12;13-12-11(10-6-3-7-16-10)14-8-4-1-2-5-9(8)15-12;1-5(2,3)4/h1-7H,8H2;1-7H;. The molecule has 0 aliphatic carbocycles. The van der Waals surface area contributed by atoms with Crippen LogP contribution in [0, 0.1) is 0 Å². The Morgan fingerprint density at radius 2 is 1.32 bits per heavy atom. The monoisotopic (exact) mass is 625 g/mol. The summed E-state index contributed by atoms with van der Waals surface area (Å²) in [6, 6.07) is 23.4. The number of aliphatic imine (C=N–C) groups is 1. The molecule has 0 amide bonds. The van der Waals surface area contributed by atoms with E-state index in [1.54, 1.807) is 22.7 Å². The zero-order valence-corrected chi connectivity index (χ0v) is 24.3. The van der Waals surface area contributed by atoms with Crippen LogP contribution in [0.15, 0.2) is 88.5 Å². The lowest BCUT2D eigenvalue weighted by molar-refractivity contribution is -0.112. The molecule has 6 rings (SSSR count). The van der Waals surface area contributed by atoms with Crippen LogP contribution in [0.3, 0.4) is 0 Å². The molecule has 0 saturated carbocycles. The molecule has 3 aromatic heterocycles. The summed E-state index contributed by atoms with van der Waals surface area (Å²) < 4.78 is 9.51. The molecule has 188 valence electrons. The molecule has 2 aromatic carbocycles. The Morgan fingerprint density at radius 1 is 0.757 bits per heavy atom. The first kappa shape index (κ1) is 27.9. The lowest BCUT2D eigenvalue weighted by Gasteiger charge is -2.12. The number of carbonyl (C=O) groups is 1.